The van der Waals surface area contributed by atoms with Crippen LogP contribution >= 0.6 is 34.8 Å². The zero-order valence-corrected chi connectivity index (χ0v) is 8.68. The van der Waals surface area contributed by atoms with Crippen molar-refractivity contribution in [3.8, 4) is 0 Å². The van der Waals surface area contributed by atoms with Gasteiger partial charge in [-0.1, -0.05) is 40.9 Å². The molecule has 0 spiro atoms. The molecule has 0 saturated heterocycles. The van der Waals surface area contributed by atoms with E-state index >= 15 is 0 Å². The topological polar surface area (TPSA) is 17.3 Å². The fourth-order valence-corrected chi connectivity index (χ4v) is 1.77. The summed E-state index contributed by atoms with van der Waals surface area (Å²) in [5.41, 5.74) is 1.47. The Bertz CT molecular complexity index is 436. The normalized spacial score (nSPS) is 11.4. The Labute approximate surface area is 90.0 Å². The molecule has 2 rings (SSSR count). The first kappa shape index (κ1) is 9.13. The van der Waals surface area contributed by atoms with Crippen molar-refractivity contribution in [3.05, 3.63) is 35.2 Å². The standard InChI is InChI=1S/C8H5Cl3N2/c9-6-4-12-7-3-1-2-5(8(10)11)13(6)7/h1-4,8H. The summed E-state index contributed by atoms with van der Waals surface area (Å²) in [5.74, 6) is 0. The molecule has 2 nitrogen and oxygen atoms in total. The van der Waals surface area contributed by atoms with E-state index in [0.717, 1.165) is 11.3 Å². The molecule has 0 aliphatic heterocycles. The van der Waals surface area contributed by atoms with E-state index < -0.39 is 4.84 Å². The number of alkyl halides is 2. The van der Waals surface area contributed by atoms with Crippen LogP contribution in [0, 0.1) is 0 Å². The van der Waals surface area contributed by atoms with Crippen LogP contribution in [0.5, 0.6) is 0 Å². The molecule has 0 aliphatic carbocycles. The molecule has 68 valence electrons. The van der Waals surface area contributed by atoms with Crippen molar-refractivity contribution in [1.29, 1.82) is 0 Å². The number of nitrogens with zero attached hydrogens (tertiary/aromatic N) is 2. The highest BCUT2D eigenvalue weighted by atomic mass is 35.5. The summed E-state index contributed by atoms with van der Waals surface area (Å²) in [6, 6.07) is 5.49. The van der Waals surface area contributed by atoms with E-state index in [2.05, 4.69) is 4.98 Å². The van der Waals surface area contributed by atoms with Gasteiger partial charge in [-0.15, -0.1) is 0 Å². The second kappa shape index (κ2) is 3.37. The molecule has 0 bridgehead atoms. The van der Waals surface area contributed by atoms with Gasteiger partial charge in [0.05, 0.1) is 11.9 Å². The van der Waals surface area contributed by atoms with Crippen LogP contribution in [0.3, 0.4) is 0 Å². The summed E-state index contributed by atoms with van der Waals surface area (Å²) < 4.78 is 1.71. The minimum absolute atomic E-state index is 0.511. The Kier molecular flexibility index (Phi) is 2.37. The molecule has 2 aromatic heterocycles. The number of hydrogen-bond donors (Lipinski definition) is 0. The zero-order chi connectivity index (χ0) is 9.42. The van der Waals surface area contributed by atoms with Crippen molar-refractivity contribution in [3.63, 3.8) is 0 Å². The third-order valence-corrected chi connectivity index (χ3v) is 2.45. The monoisotopic (exact) mass is 234 g/mol. The fourth-order valence-electron chi connectivity index (χ4n) is 1.20. The number of pyridine rings is 1. The molecule has 0 radical (unpaired) electrons. The molecule has 0 fully saturated rings. The number of fused-ring (bicyclic) bond motifs is 1. The predicted octanol–water partition coefficient (Wildman–Crippen LogP) is 3.46. The Morgan fingerprint density at radius 3 is 2.77 bits per heavy atom. The van der Waals surface area contributed by atoms with Crippen LogP contribution in [-0.4, -0.2) is 9.38 Å². The van der Waals surface area contributed by atoms with E-state index in [0.29, 0.717) is 5.15 Å². The number of rotatable bonds is 1. The Balaban J connectivity index is 2.80. The van der Waals surface area contributed by atoms with Gasteiger partial charge in [0.2, 0.25) is 0 Å². The van der Waals surface area contributed by atoms with Crippen molar-refractivity contribution < 1.29 is 0 Å². The van der Waals surface area contributed by atoms with Crippen molar-refractivity contribution in [2.24, 2.45) is 0 Å². The lowest BCUT2D eigenvalue weighted by Crippen LogP contribution is -1.95. The summed E-state index contributed by atoms with van der Waals surface area (Å²) in [4.78, 5) is 3.47. The van der Waals surface area contributed by atoms with Crippen LogP contribution in [0.2, 0.25) is 5.15 Å². The minimum Gasteiger partial charge on any atom is -0.285 e. The van der Waals surface area contributed by atoms with Crippen LogP contribution in [0.1, 0.15) is 10.5 Å². The maximum Gasteiger partial charge on any atom is 0.148 e. The van der Waals surface area contributed by atoms with Gasteiger partial charge in [0.1, 0.15) is 15.6 Å². The molecule has 5 heteroatoms. The van der Waals surface area contributed by atoms with Crippen LogP contribution in [0.4, 0.5) is 0 Å². The van der Waals surface area contributed by atoms with E-state index in [9.17, 15) is 0 Å². The van der Waals surface area contributed by atoms with Gasteiger partial charge in [-0.25, -0.2) is 4.98 Å². The van der Waals surface area contributed by atoms with Gasteiger partial charge < -0.3 is 0 Å². The lowest BCUT2D eigenvalue weighted by atomic mass is 10.4. The highest BCUT2D eigenvalue weighted by Gasteiger charge is 2.10. The molecule has 0 aromatic carbocycles. The first-order valence-corrected chi connectivity index (χ1v) is 4.85. The van der Waals surface area contributed by atoms with Gasteiger partial charge in [0, 0.05) is 0 Å². The third-order valence-electron chi connectivity index (χ3n) is 1.74. The van der Waals surface area contributed by atoms with Gasteiger partial charge in [-0.05, 0) is 12.1 Å². The quantitative estimate of drug-likeness (QED) is 0.692. The second-order valence-electron chi connectivity index (χ2n) is 2.53. The van der Waals surface area contributed by atoms with Crippen molar-refractivity contribution in [2.45, 2.75) is 4.84 Å². The number of hydrogen-bond acceptors (Lipinski definition) is 1. The molecule has 0 atom stereocenters. The molecular weight excluding hydrogens is 230 g/mol. The van der Waals surface area contributed by atoms with E-state index in [-0.39, 0.29) is 0 Å². The molecule has 0 amide bonds. The van der Waals surface area contributed by atoms with E-state index in [1.807, 2.05) is 18.2 Å². The SMILES string of the molecule is Clc1cnc2cccc(C(Cl)Cl)n12. The third kappa shape index (κ3) is 1.50. The van der Waals surface area contributed by atoms with Crippen molar-refractivity contribution >= 4 is 40.4 Å². The minimum atomic E-state index is -0.601. The number of halogens is 3. The Hall–Kier alpha value is -0.440. The summed E-state index contributed by atoms with van der Waals surface area (Å²) in [5, 5.41) is 0.511. The molecular formula is C8H5Cl3N2. The van der Waals surface area contributed by atoms with Crippen LogP contribution in [0.15, 0.2) is 24.4 Å². The highest BCUT2D eigenvalue weighted by molar-refractivity contribution is 6.44. The van der Waals surface area contributed by atoms with Gasteiger partial charge in [0.25, 0.3) is 0 Å². The van der Waals surface area contributed by atoms with E-state index in [1.54, 1.807) is 10.6 Å². The first-order chi connectivity index (χ1) is 6.20. The largest absolute Gasteiger partial charge is 0.285 e. The van der Waals surface area contributed by atoms with Crippen molar-refractivity contribution in [1.82, 2.24) is 9.38 Å². The molecule has 2 heterocycles. The van der Waals surface area contributed by atoms with Gasteiger partial charge in [-0.3, -0.25) is 4.40 Å². The molecule has 0 unspecified atom stereocenters. The molecule has 0 aliphatic rings. The van der Waals surface area contributed by atoms with Crippen LogP contribution in [-0.2, 0) is 0 Å². The number of aromatic nitrogens is 2. The van der Waals surface area contributed by atoms with Crippen LogP contribution in [0.25, 0.3) is 5.65 Å². The second-order valence-corrected chi connectivity index (χ2v) is 4.01. The Morgan fingerprint density at radius 1 is 1.31 bits per heavy atom. The highest BCUT2D eigenvalue weighted by Crippen LogP contribution is 2.27. The summed E-state index contributed by atoms with van der Waals surface area (Å²) >= 11 is 17.4. The number of imidazole rings is 1. The summed E-state index contributed by atoms with van der Waals surface area (Å²) in [7, 11) is 0. The lowest BCUT2D eigenvalue weighted by Gasteiger charge is -2.05. The molecule has 13 heavy (non-hydrogen) atoms. The molecule has 2 aromatic rings. The van der Waals surface area contributed by atoms with Crippen molar-refractivity contribution in [2.75, 3.05) is 0 Å². The Morgan fingerprint density at radius 2 is 2.08 bits per heavy atom. The molecule has 0 saturated carbocycles. The molecule has 0 N–H and O–H groups in total. The van der Waals surface area contributed by atoms with E-state index in [4.69, 9.17) is 34.8 Å². The van der Waals surface area contributed by atoms with E-state index in [1.165, 1.54) is 0 Å². The first-order valence-electron chi connectivity index (χ1n) is 3.60. The van der Waals surface area contributed by atoms with Gasteiger partial charge in [-0.2, -0.15) is 0 Å². The lowest BCUT2D eigenvalue weighted by molar-refractivity contribution is 1.06. The average Bonchev–Trinajstić information content (AvgIpc) is 2.48. The van der Waals surface area contributed by atoms with Gasteiger partial charge in [0.15, 0.2) is 0 Å². The average molecular weight is 236 g/mol. The maximum atomic E-state index is 5.90. The smallest absolute Gasteiger partial charge is 0.148 e. The summed E-state index contributed by atoms with van der Waals surface area (Å²) in [6.07, 6.45) is 1.57. The van der Waals surface area contributed by atoms with Crippen LogP contribution < -0.4 is 0 Å². The summed E-state index contributed by atoms with van der Waals surface area (Å²) in [6.45, 7) is 0. The fraction of sp³-hybridized carbons (Fsp3) is 0.125. The maximum absolute atomic E-state index is 5.90. The van der Waals surface area contributed by atoms with Gasteiger partial charge >= 0.3 is 0 Å². The predicted molar refractivity (Wildman–Crippen MR) is 54.6 cm³/mol. The zero-order valence-electron chi connectivity index (χ0n) is 6.42.